The van der Waals surface area contributed by atoms with E-state index in [2.05, 4.69) is 10.6 Å². The highest BCUT2D eigenvalue weighted by Gasteiger charge is 2.29. The van der Waals surface area contributed by atoms with Crippen molar-refractivity contribution in [1.82, 2.24) is 0 Å². The first-order valence-corrected chi connectivity index (χ1v) is 11.9. The molecule has 7 nitrogen and oxygen atoms in total. The number of nitrogens with one attached hydrogen (secondary N) is 2. The number of carbonyl (C=O) groups excluding carboxylic acids is 2. The van der Waals surface area contributed by atoms with E-state index in [4.69, 9.17) is 0 Å². The zero-order valence-electron chi connectivity index (χ0n) is 18.1. The van der Waals surface area contributed by atoms with Gasteiger partial charge >= 0.3 is 11.8 Å². The van der Waals surface area contributed by atoms with E-state index in [1.807, 2.05) is 6.92 Å². The standard InChI is InChI=1S/C24H21F2N3O4S/c1-15-4-9-19(10-5-15)34(32,33)29-12-2-3-16-6-8-18(14-22(16)29)27-23(30)24(31)28-21-11-7-17(25)13-20(21)26/h4-11,13-14H,2-3,12H2,1H3,(H,27,30)(H,28,31). The molecule has 1 heterocycles. The highest BCUT2D eigenvalue weighted by molar-refractivity contribution is 7.92. The lowest BCUT2D eigenvalue weighted by Gasteiger charge is -2.31. The molecule has 0 saturated heterocycles. The van der Waals surface area contributed by atoms with Crippen molar-refractivity contribution in [3.05, 3.63) is 83.4 Å². The van der Waals surface area contributed by atoms with Gasteiger partial charge in [-0.2, -0.15) is 0 Å². The minimum Gasteiger partial charge on any atom is -0.318 e. The molecular formula is C24H21F2N3O4S. The third-order valence-electron chi connectivity index (χ3n) is 5.41. The molecular weight excluding hydrogens is 464 g/mol. The fraction of sp³-hybridized carbons (Fsp3) is 0.167. The first-order chi connectivity index (χ1) is 16.1. The smallest absolute Gasteiger partial charge is 0.314 e. The molecule has 10 heteroatoms. The third-order valence-corrected chi connectivity index (χ3v) is 7.24. The number of halogens is 2. The van der Waals surface area contributed by atoms with Gasteiger partial charge in [0, 0.05) is 18.3 Å². The summed E-state index contributed by atoms with van der Waals surface area (Å²) in [4.78, 5) is 24.7. The summed E-state index contributed by atoms with van der Waals surface area (Å²) in [5, 5.41) is 4.47. The Bertz CT molecular complexity index is 1380. The Hall–Kier alpha value is -3.79. The highest BCUT2D eigenvalue weighted by atomic mass is 32.2. The SMILES string of the molecule is Cc1ccc(S(=O)(=O)N2CCCc3ccc(NC(=O)C(=O)Nc4ccc(F)cc4F)cc32)cc1. The lowest BCUT2D eigenvalue weighted by atomic mass is 10.0. The molecule has 3 aromatic rings. The predicted octanol–water partition coefficient (Wildman–Crippen LogP) is 3.99. The average Bonchev–Trinajstić information content (AvgIpc) is 2.80. The number of sulfonamides is 1. The molecule has 0 atom stereocenters. The molecule has 2 N–H and O–H groups in total. The molecule has 0 bridgehead atoms. The molecule has 0 spiro atoms. The van der Waals surface area contributed by atoms with Crippen molar-refractivity contribution in [2.75, 3.05) is 21.5 Å². The van der Waals surface area contributed by atoms with Gasteiger partial charge in [-0.25, -0.2) is 17.2 Å². The summed E-state index contributed by atoms with van der Waals surface area (Å²) >= 11 is 0. The molecule has 4 rings (SSSR count). The van der Waals surface area contributed by atoms with Gasteiger partial charge in [0.05, 0.1) is 16.3 Å². The van der Waals surface area contributed by atoms with E-state index in [0.717, 1.165) is 23.3 Å². The molecule has 0 aliphatic carbocycles. The minimum atomic E-state index is -3.83. The third kappa shape index (κ3) is 4.76. The van der Waals surface area contributed by atoms with Crippen LogP contribution >= 0.6 is 0 Å². The molecule has 0 aromatic heterocycles. The maximum atomic E-state index is 13.8. The number of hydrogen-bond acceptors (Lipinski definition) is 4. The maximum absolute atomic E-state index is 13.8. The number of fused-ring (bicyclic) bond motifs is 1. The second kappa shape index (κ2) is 9.22. The van der Waals surface area contributed by atoms with Crippen LogP contribution in [0.3, 0.4) is 0 Å². The van der Waals surface area contributed by atoms with Gasteiger partial charge in [-0.15, -0.1) is 0 Å². The van der Waals surface area contributed by atoms with Crippen LogP contribution in [-0.2, 0) is 26.0 Å². The van der Waals surface area contributed by atoms with Gasteiger partial charge in [0.25, 0.3) is 10.0 Å². The molecule has 2 amide bonds. The van der Waals surface area contributed by atoms with Crippen molar-refractivity contribution in [3.8, 4) is 0 Å². The normalized spacial score (nSPS) is 13.2. The topological polar surface area (TPSA) is 95.6 Å². The summed E-state index contributed by atoms with van der Waals surface area (Å²) in [7, 11) is -3.83. The molecule has 0 radical (unpaired) electrons. The van der Waals surface area contributed by atoms with E-state index < -0.39 is 33.5 Å². The largest absolute Gasteiger partial charge is 0.318 e. The predicted molar refractivity (Wildman–Crippen MR) is 124 cm³/mol. The Morgan fingerprint density at radius 3 is 2.32 bits per heavy atom. The Labute approximate surface area is 195 Å². The molecule has 1 aliphatic rings. The van der Waals surface area contributed by atoms with Crippen LogP contribution in [0.15, 0.2) is 65.6 Å². The van der Waals surface area contributed by atoms with Crippen LogP contribution in [0, 0.1) is 18.6 Å². The lowest BCUT2D eigenvalue weighted by Crippen LogP contribution is -2.35. The Morgan fingerprint density at radius 1 is 0.912 bits per heavy atom. The van der Waals surface area contributed by atoms with E-state index in [1.54, 1.807) is 36.4 Å². The number of hydrogen-bond donors (Lipinski definition) is 2. The highest BCUT2D eigenvalue weighted by Crippen LogP contribution is 2.34. The Kier molecular flexibility index (Phi) is 6.34. The number of rotatable bonds is 4. The van der Waals surface area contributed by atoms with Crippen LogP contribution in [0.4, 0.5) is 25.8 Å². The van der Waals surface area contributed by atoms with Crippen LogP contribution < -0.4 is 14.9 Å². The fourth-order valence-electron chi connectivity index (χ4n) is 3.66. The zero-order valence-corrected chi connectivity index (χ0v) is 19.0. The number of nitrogens with zero attached hydrogens (tertiary/aromatic N) is 1. The molecule has 34 heavy (non-hydrogen) atoms. The number of aryl methyl sites for hydroxylation is 2. The molecule has 0 fully saturated rings. The van der Waals surface area contributed by atoms with E-state index in [0.29, 0.717) is 24.6 Å². The van der Waals surface area contributed by atoms with Crippen LogP contribution in [0.2, 0.25) is 0 Å². The van der Waals surface area contributed by atoms with Gasteiger partial charge in [-0.3, -0.25) is 13.9 Å². The van der Waals surface area contributed by atoms with E-state index in [1.165, 1.54) is 10.4 Å². The van der Waals surface area contributed by atoms with Gasteiger partial charge in [-0.1, -0.05) is 23.8 Å². The van der Waals surface area contributed by atoms with Gasteiger partial charge in [0.2, 0.25) is 0 Å². The van der Waals surface area contributed by atoms with Crippen LogP contribution in [0.25, 0.3) is 0 Å². The number of benzene rings is 3. The number of anilines is 3. The van der Waals surface area contributed by atoms with Gasteiger partial charge < -0.3 is 10.6 Å². The fourth-order valence-corrected chi connectivity index (χ4v) is 5.20. The molecule has 1 aliphatic heterocycles. The molecule has 176 valence electrons. The van der Waals surface area contributed by atoms with E-state index in [-0.39, 0.29) is 22.8 Å². The van der Waals surface area contributed by atoms with E-state index >= 15 is 0 Å². The maximum Gasteiger partial charge on any atom is 0.314 e. The summed E-state index contributed by atoms with van der Waals surface area (Å²) in [5.74, 6) is -4.09. The van der Waals surface area contributed by atoms with Crippen molar-refractivity contribution in [1.29, 1.82) is 0 Å². The number of carbonyl (C=O) groups is 2. The van der Waals surface area contributed by atoms with Gasteiger partial charge in [0.1, 0.15) is 11.6 Å². The van der Waals surface area contributed by atoms with Crippen molar-refractivity contribution in [2.24, 2.45) is 0 Å². The summed E-state index contributed by atoms with van der Waals surface area (Å²) in [6.45, 7) is 2.13. The van der Waals surface area contributed by atoms with Crippen LogP contribution in [0.5, 0.6) is 0 Å². The quantitative estimate of drug-likeness (QED) is 0.547. The van der Waals surface area contributed by atoms with Crippen LogP contribution in [0.1, 0.15) is 17.5 Å². The number of amides is 2. The Balaban J connectivity index is 1.56. The average molecular weight is 486 g/mol. The van der Waals surface area contributed by atoms with Crippen molar-refractivity contribution in [2.45, 2.75) is 24.7 Å². The van der Waals surface area contributed by atoms with Crippen molar-refractivity contribution < 1.29 is 26.8 Å². The summed E-state index contributed by atoms with van der Waals surface area (Å²) in [6, 6.07) is 13.8. The molecule has 3 aromatic carbocycles. The van der Waals surface area contributed by atoms with Gasteiger partial charge in [-0.05, 0) is 61.7 Å². The lowest BCUT2D eigenvalue weighted by molar-refractivity contribution is -0.133. The van der Waals surface area contributed by atoms with Crippen molar-refractivity contribution >= 4 is 38.9 Å². The second-order valence-corrected chi connectivity index (χ2v) is 9.73. The Morgan fingerprint density at radius 2 is 1.62 bits per heavy atom. The first-order valence-electron chi connectivity index (χ1n) is 10.4. The second-order valence-electron chi connectivity index (χ2n) is 7.87. The monoisotopic (exact) mass is 485 g/mol. The zero-order chi connectivity index (χ0) is 24.5. The minimum absolute atomic E-state index is 0.154. The van der Waals surface area contributed by atoms with Crippen molar-refractivity contribution in [3.63, 3.8) is 0 Å². The molecule has 0 unspecified atom stereocenters. The van der Waals surface area contributed by atoms with Crippen LogP contribution in [-0.4, -0.2) is 26.8 Å². The van der Waals surface area contributed by atoms with Gasteiger partial charge in [0.15, 0.2) is 0 Å². The summed E-state index contributed by atoms with van der Waals surface area (Å²) in [6.07, 6.45) is 1.29. The summed E-state index contributed by atoms with van der Waals surface area (Å²) < 4.78 is 54.6. The van der Waals surface area contributed by atoms with E-state index in [9.17, 15) is 26.8 Å². The molecule has 0 saturated carbocycles. The summed E-state index contributed by atoms with van der Waals surface area (Å²) in [5.41, 5.74) is 1.99. The first kappa shape index (κ1) is 23.4.